The largest absolute Gasteiger partial charge is 0.370 e. The van der Waals surface area contributed by atoms with Gasteiger partial charge in [-0.15, -0.1) is 0 Å². The molecule has 0 radical (unpaired) electrons. The van der Waals surface area contributed by atoms with Crippen molar-refractivity contribution in [1.29, 1.82) is 5.26 Å². The lowest BCUT2D eigenvalue weighted by molar-refractivity contribution is -0.136. The Balaban J connectivity index is 1.54. The molecule has 4 rings (SSSR count). The van der Waals surface area contributed by atoms with Crippen LogP contribution in [-0.4, -0.2) is 42.0 Å². The lowest BCUT2D eigenvalue weighted by Crippen LogP contribution is -2.43. The lowest BCUT2D eigenvalue weighted by atomic mass is 9.93. The average Bonchev–Trinajstić information content (AvgIpc) is 3.07. The summed E-state index contributed by atoms with van der Waals surface area (Å²) in [5.41, 5.74) is 3.80. The Morgan fingerprint density at radius 1 is 1.14 bits per heavy atom. The van der Waals surface area contributed by atoms with Gasteiger partial charge in [0, 0.05) is 43.7 Å². The maximum absolute atomic E-state index is 13.0. The fourth-order valence-corrected chi connectivity index (χ4v) is 4.77. The second kappa shape index (κ2) is 8.82. The SMILES string of the molecule is CCc1ccc2ncc(C#N)c(N3CCC(C(=O)N4CCCCCC4)CC3)c2c1. The Kier molecular flexibility index (Phi) is 5.99. The van der Waals surface area contributed by atoms with E-state index in [1.807, 2.05) is 0 Å². The van der Waals surface area contributed by atoms with Crippen LogP contribution in [0.5, 0.6) is 0 Å². The molecule has 2 saturated heterocycles. The van der Waals surface area contributed by atoms with Crippen LogP contribution < -0.4 is 4.90 Å². The number of carbonyl (C=O) groups is 1. The molecule has 0 unspecified atom stereocenters. The predicted molar refractivity (Wildman–Crippen MR) is 116 cm³/mol. The number of hydrogen-bond acceptors (Lipinski definition) is 4. The van der Waals surface area contributed by atoms with Crippen molar-refractivity contribution in [2.75, 3.05) is 31.1 Å². The number of nitrogens with zero attached hydrogens (tertiary/aromatic N) is 4. The first-order valence-corrected chi connectivity index (χ1v) is 11.1. The molecule has 29 heavy (non-hydrogen) atoms. The van der Waals surface area contributed by atoms with Gasteiger partial charge in [0.15, 0.2) is 0 Å². The van der Waals surface area contributed by atoms with Crippen molar-refractivity contribution in [2.24, 2.45) is 5.92 Å². The summed E-state index contributed by atoms with van der Waals surface area (Å²) < 4.78 is 0. The van der Waals surface area contributed by atoms with Crippen LogP contribution in [0, 0.1) is 17.2 Å². The van der Waals surface area contributed by atoms with E-state index in [1.165, 1.54) is 18.4 Å². The zero-order chi connectivity index (χ0) is 20.2. The van der Waals surface area contributed by atoms with Crippen molar-refractivity contribution in [3.63, 3.8) is 0 Å². The third kappa shape index (κ3) is 4.07. The summed E-state index contributed by atoms with van der Waals surface area (Å²) in [6, 6.07) is 8.67. The minimum Gasteiger partial charge on any atom is -0.370 e. The molecule has 5 nitrogen and oxygen atoms in total. The second-order valence-corrected chi connectivity index (χ2v) is 8.34. The molecule has 152 valence electrons. The van der Waals surface area contributed by atoms with Gasteiger partial charge in [0.05, 0.1) is 16.8 Å². The Bertz CT molecular complexity index is 916. The zero-order valence-corrected chi connectivity index (χ0v) is 17.4. The number of aryl methyl sites for hydroxylation is 1. The quantitative estimate of drug-likeness (QED) is 0.784. The fraction of sp³-hybridized carbons (Fsp3) is 0.542. The molecule has 0 bridgehead atoms. The number of carbonyl (C=O) groups excluding carboxylic acids is 1. The second-order valence-electron chi connectivity index (χ2n) is 8.34. The molecule has 1 aromatic heterocycles. The molecular formula is C24H30N4O. The van der Waals surface area contributed by atoms with Crippen LogP contribution in [0.1, 0.15) is 56.6 Å². The van der Waals surface area contributed by atoms with Gasteiger partial charge in [0.25, 0.3) is 0 Å². The molecule has 1 aromatic carbocycles. The molecule has 2 fully saturated rings. The summed E-state index contributed by atoms with van der Waals surface area (Å²) in [4.78, 5) is 21.9. The number of hydrogen-bond donors (Lipinski definition) is 0. The first kappa shape index (κ1) is 19.7. The van der Waals surface area contributed by atoms with Crippen LogP contribution in [0.3, 0.4) is 0 Å². The van der Waals surface area contributed by atoms with E-state index < -0.39 is 0 Å². The zero-order valence-electron chi connectivity index (χ0n) is 17.4. The van der Waals surface area contributed by atoms with E-state index >= 15 is 0 Å². The van der Waals surface area contributed by atoms with Crippen molar-refractivity contribution in [1.82, 2.24) is 9.88 Å². The highest BCUT2D eigenvalue weighted by atomic mass is 16.2. The van der Waals surface area contributed by atoms with Gasteiger partial charge in [-0.3, -0.25) is 9.78 Å². The van der Waals surface area contributed by atoms with Gasteiger partial charge in [0.1, 0.15) is 6.07 Å². The Labute approximate surface area is 173 Å². The van der Waals surface area contributed by atoms with Crippen LogP contribution in [0.15, 0.2) is 24.4 Å². The van der Waals surface area contributed by atoms with Crippen molar-refractivity contribution in [3.05, 3.63) is 35.5 Å². The average molecular weight is 391 g/mol. The van der Waals surface area contributed by atoms with Crippen LogP contribution in [-0.2, 0) is 11.2 Å². The minimum atomic E-state index is 0.120. The van der Waals surface area contributed by atoms with Crippen molar-refractivity contribution in [3.8, 4) is 6.07 Å². The van der Waals surface area contributed by atoms with Gasteiger partial charge in [-0.05, 0) is 49.8 Å². The first-order chi connectivity index (χ1) is 14.2. The number of fused-ring (bicyclic) bond motifs is 1. The van der Waals surface area contributed by atoms with Gasteiger partial charge < -0.3 is 9.80 Å². The van der Waals surface area contributed by atoms with Gasteiger partial charge in [-0.2, -0.15) is 5.26 Å². The van der Waals surface area contributed by atoms with Gasteiger partial charge in [-0.1, -0.05) is 25.8 Å². The fourth-order valence-electron chi connectivity index (χ4n) is 4.77. The maximum atomic E-state index is 13.0. The van der Waals surface area contributed by atoms with Gasteiger partial charge in [0.2, 0.25) is 5.91 Å². The molecule has 5 heteroatoms. The van der Waals surface area contributed by atoms with E-state index in [2.05, 4.69) is 46.0 Å². The lowest BCUT2D eigenvalue weighted by Gasteiger charge is -2.36. The van der Waals surface area contributed by atoms with Crippen LogP contribution in [0.2, 0.25) is 0 Å². The van der Waals surface area contributed by atoms with Crippen molar-refractivity contribution in [2.45, 2.75) is 51.9 Å². The number of amides is 1. The topological polar surface area (TPSA) is 60.2 Å². The number of rotatable bonds is 3. The summed E-state index contributed by atoms with van der Waals surface area (Å²) in [6.45, 7) is 5.62. The van der Waals surface area contributed by atoms with Gasteiger partial charge in [-0.25, -0.2) is 0 Å². The Morgan fingerprint density at radius 3 is 2.52 bits per heavy atom. The highest BCUT2D eigenvalue weighted by Crippen LogP contribution is 2.33. The Hall–Kier alpha value is -2.61. The maximum Gasteiger partial charge on any atom is 0.225 e. The van der Waals surface area contributed by atoms with Crippen LogP contribution in [0.4, 0.5) is 5.69 Å². The molecule has 2 aliphatic heterocycles. The summed E-state index contributed by atoms with van der Waals surface area (Å²) in [5, 5.41) is 10.8. The van der Waals surface area contributed by atoms with E-state index in [-0.39, 0.29) is 5.92 Å². The Morgan fingerprint density at radius 2 is 1.86 bits per heavy atom. The summed E-state index contributed by atoms with van der Waals surface area (Å²) >= 11 is 0. The number of anilines is 1. The molecule has 0 atom stereocenters. The van der Waals surface area contributed by atoms with E-state index in [9.17, 15) is 10.1 Å². The van der Waals surface area contributed by atoms with Crippen molar-refractivity contribution < 1.29 is 4.79 Å². The summed E-state index contributed by atoms with van der Waals surface area (Å²) in [6.07, 6.45) is 9.13. The van der Waals surface area contributed by atoms with Crippen LogP contribution in [0.25, 0.3) is 10.9 Å². The third-order valence-electron chi connectivity index (χ3n) is 6.51. The van der Waals surface area contributed by atoms with Crippen LogP contribution >= 0.6 is 0 Å². The summed E-state index contributed by atoms with van der Waals surface area (Å²) in [5.74, 6) is 0.467. The molecule has 0 aliphatic carbocycles. The van der Waals surface area contributed by atoms with E-state index in [4.69, 9.17) is 0 Å². The number of likely N-dealkylation sites (tertiary alicyclic amines) is 1. The summed E-state index contributed by atoms with van der Waals surface area (Å²) in [7, 11) is 0. The molecule has 0 spiro atoms. The normalized spacial score (nSPS) is 18.5. The molecular weight excluding hydrogens is 360 g/mol. The number of aromatic nitrogens is 1. The molecule has 0 N–H and O–H groups in total. The predicted octanol–water partition coefficient (Wildman–Crippen LogP) is 4.29. The molecule has 1 amide bonds. The number of pyridine rings is 1. The van der Waals surface area contributed by atoms with Crippen molar-refractivity contribution >= 4 is 22.5 Å². The minimum absolute atomic E-state index is 0.120. The third-order valence-corrected chi connectivity index (χ3v) is 6.51. The van der Waals surface area contributed by atoms with E-state index in [0.717, 1.165) is 74.9 Å². The molecule has 0 saturated carbocycles. The van der Waals surface area contributed by atoms with E-state index in [0.29, 0.717) is 11.5 Å². The number of piperidine rings is 1. The highest BCUT2D eigenvalue weighted by molar-refractivity contribution is 5.95. The molecule has 2 aliphatic rings. The standard InChI is InChI=1S/C24H30N4O/c1-2-18-7-8-22-21(15-18)23(20(16-25)17-26-22)27-13-9-19(10-14-27)24(29)28-11-5-3-4-6-12-28/h7-8,15,17,19H,2-6,9-14H2,1H3. The molecule has 3 heterocycles. The number of nitriles is 1. The first-order valence-electron chi connectivity index (χ1n) is 11.1. The van der Waals surface area contributed by atoms with E-state index in [1.54, 1.807) is 6.20 Å². The number of benzene rings is 1. The highest BCUT2D eigenvalue weighted by Gasteiger charge is 2.30. The monoisotopic (exact) mass is 390 g/mol. The smallest absolute Gasteiger partial charge is 0.225 e. The van der Waals surface area contributed by atoms with Gasteiger partial charge >= 0.3 is 0 Å². The molecule has 2 aromatic rings.